The summed E-state index contributed by atoms with van der Waals surface area (Å²) in [6, 6.07) is 39.5. The van der Waals surface area contributed by atoms with Crippen LogP contribution in [-0.4, -0.2) is 15.0 Å². The number of nitrogens with zero attached hydrogens (tertiary/aromatic N) is 3. The first-order valence-electron chi connectivity index (χ1n) is 15.0. The number of rotatable bonds is 3. The van der Waals surface area contributed by atoms with Crippen LogP contribution in [0.25, 0.3) is 66.4 Å². The zero-order chi connectivity index (χ0) is 30.9. The van der Waals surface area contributed by atoms with E-state index in [9.17, 15) is 0 Å². The van der Waals surface area contributed by atoms with Gasteiger partial charge in [0, 0.05) is 60.5 Å². The molecule has 4 aromatic carbocycles. The molecule has 8 rings (SSSR count). The molecule has 0 spiro atoms. The second-order valence-corrected chi connectivity index (χ2v) is 11.3. The van der Waals surface area contributed by atoms with Gasteiger partial charge >= 0.3 is 0 Å². The molecule has 4 nitrogen and oxygen atoms in total. The molecule has 0 aliphatic carbocycles. The topological polar surface area (TPSA) is 51.8 Å². The molecule has 4 heterocycles. The van der Waals surface area contributed by atoms with Crippen LogP contribution in [0.5, 0.6) is 0 Å². The Morgan fingerprint density at radius 1 is 0.587 bits per heavy atom. The third-order valence-corrected chi connectivity index (χ3v) is 8.35. The van der Waals surface area contributed by atoms with Crippen LogP contribution in [0.1, 0.15) is 22.4 Å². The van der Waals surface area contributed by atoms with Crippen molar-refractivity contribution in [1.82, 2.24) is 15.0 Å². The van der Waals surface area contributed by atoms with Crippen molar-refractivity contribution < 1.29 is 24.5 Å². The molecule has 5 heteroatoms. The summed E-state index contributed by atoms with van der Waals surface area (Å²) in [5, 5.41) is 4.39. The van der Waals surface area contributed by atoms with Crippen molar-refractivity contribution in [3.05, 3.63) is 150 Å². The Kier molecular flexibility index (Phi) is 8.89. The van der Waals surface area contributed by atoms with E-state index in [2.05, 4.69) is 102 Å². The first-order chi connectivity index (χ1) is 22.0. The summed E-state index contributed by atoms with van der Waals surface area (Å²) in [5.74, 6) is 0. The fourth-order valence-corrected chi connectivity index (χ4v) is 5.71. The first-order valence-corrected chi connectivity index (χ1v) is 15.0. The van der Waals surface area contributed by atoms with Gasteiger partial charge in [-0.3, -0.25) is 4.98 Å². The van der Waals surface area contributed by atoms with Crippen LogP contribution in [0, 0.1) is 39.8 Å². The van der Waals surface area contributed by atoms with E-state index in [0.29, 0.717) is 0 Å². The first kappa shape index (κ1) is 31.0. The van der Waals surface area contributed by atoms with Crippen molar-refractivity contribution in [3.63, 3.8) is 0 Å². The molecule has 8 aromatic rings. The summed E-state index contributed by atoms with van der Waals surface area (Å²) in [7, 11) is 0. The van der Waals surface area contributed by atoms with E-state index in [4.69, 9.17) is 4.42 Å². The van der Waals surface area contributed by atoms with Gasteiger partial charge < -0.3 is 14.4 Å². The van der Waals surface area contributed by atoms with Crippen LogP contribution in [0.3, 0.4) is 0 Å². The molecule has 0 atom stereocenters. The summed E-state index contributed by atoms with van der Waals surface area (Å²) in [4.78, 5) is 13.4. The van der Waals surface area contributed by atoms with Gasteiger partial charge in [0.25, 0.3) is 0 Å². The second-order valence-electron chi connectivity index (χ2n) is 11.3. The van der Waals surface area contributed by atoms with Gasteiger partial charge in [0.05, 0.1) is 5.58 Å². The van der Waals surface area contributed by atoms with Gasteiger partial charge in [0.15, 0.2) is 0 Å². The number of hydrogen-bond donors (Lipinski definition) is 0. The van der Waals surface area contributed by atoms with Gasteiger partial charge in [-0.1, -0.05) is 89.7 Å². The maximum Gasteiger partial charge on any atom is 0.128 e. The number of aryl methyl sites for hydroxylation is 4. The molecular weight excluding hydrogens is 743 g/mol. The average molecular weight is 774 g/mol. The van der Waals surface area contributed by atoms with Crippen LogP contribution in [0.15, 0.2) is 120 Å². The number of fused-ring (bicyclic) bond motifs is 5. The third-order valence-electron chi connectivity index (χ3n) is 8.35. The molecule has 0 aliphatic heterocycles. The number of pyridine rings is 3. The Hall–Kier alpha value is -4.96. The van der Waals surface area contributed by atoms with E-state index in [1.165, 1.54) is 27.8 Å². The van der Waals surface area contributed by atoms with Crippen molar-refractivity contribution >= 4 is 32.7 Å². The zero-order valence-electron chi connectivity index (χ0n) is 26.1. The van der Waals surface area contributed by atoms with Crippen molar-refractivity contribution in [2.24, 2.45) is 0 Å². The van der Waals surface area contributed by atoms with Crippen molar-refractivity contribution in [2.75, 3.05) is 0 Å². The minimum Gasteiger partial charge on any atom is -0.500 e. The summed E-state index contributed by atoms with van der Waals surface area (Å²) in [6.45, 7) is 8.34. The molecule has 0 fully saturated rings. The molecule has 1 radical (unpaired) electrons. The molecule has 0 saturated carbocycles. The summed E-state index contributed by atoms with van der Waals surface area (Å²) < 4.78 is 6.31. The standard InChI is InChI=1S/C21H13N2O.C20H18N.Ir/c1-13-14-8-9-16-15-5-4-6-18(19-7-2-3-11-23-19)21(15)24-20(16)17(14)10-12-22-13;1-14-9-10-18(20-11-15(2)16(3)13-21-20)12-19(14)17-7-5-4-6-8-17;/h2-5,7-12H,1H3;4-9,11-13H,1-3H3;/q2*-1;. The summed E-state index contributed by atoms with van der Waals surface area (Å²) in [6.07, 6.45) is 5.55. The largest absolute Gasteiger partial charge is 0.500 e. The Morgan fingerprint density at radius 3 is 2.13 bits per heavy atom. The van der Waals surface area contributed by atoms with E-state index in [1.54, 1.807) is 6.20 Å². The van der Waals surface area contributed by atoms with Crippen LogP contribution < -0.4 is 0 Å². The predicted molar refractivity (Wildman–Crippen MR) is 184 cm³/mol. The van der Waals surface area contributed by atoms with Gasteiger partial charge in [-0.2, -0.15) is 0 Å². The van der Waals surface area contributed by atoms with E-state index in [1.807, 2.05) is 61.8 Å². The van der Waals surface area contributed by atoms with Gasteiger partial charge in [-0.15, -0.1) is 47.5 Å². The fourth-order valence-electron chi connectivity index (χ4n) is 5.71. The van der Waals surface area contributed by atoms with Crippen LogP contribution in [0.2, 0.25) is 0 Å². The SMILES string of the molecule is Cc1cnc(-c2[c-]cc(C)c(-c3ccccc3)c2)cc1C.Cc1nccc2c1ccc1c3cc[c-]c(-c4ccccn4)c3oc21.[Ir]. The number of hydrogen-bond acceptors (Lipinski definition) is 4. The minimum atomic E-state index is 0. The summed E-state index contributed by atoms with van der Waals surface area (Å²) in [5.41, 5.74) is 12.7. The Balaban J connectivity index is 0.000000160. The van der Waals surface area contributed by atoms with Crippen molar-refractivity contribution in [2.45, 2.75) is 27.7 Å². The van der Waals surface area contributed by atoms with E-state index in [-0.39, 0.29) is 20.1 Å². The number of furan rings is 1. The van der Waals surface area contributed by atoms with Crippen molar-refractivity contribution in [1.29, 1.82) is 0 Å². The van der Waals surface area contributed by atoms with E-state index in [0.717, 1.165) is 60.9 Å². The van der Waals surface area contributed by atoms with Crippen molar-refractivity contribution in [3.8, 4) is 33.6 Å². The van der Waals surface area contributed by atoms with Crippen LogP contribution >= 0.6 is 0 Å². The molecular formula is C41H31IrN3O-2. The zero-order valence-corrected chi connectivity index (χ0v) is 28.4. The second kappa shape index (κ2) is 13.2. The predicted octanol–water partition coefficient (Wildman–Crippen LogP) is 10.4. The Morgan fingerprint density at radius 2 is 1.35 bits per heavy atom. The van der Waals surface area contributed by atoms with E-state index >= 15 is 0 Å². The van der Waals surface area contributed by atoms with Gasteiger partial charge in [0.1, 0.15) is 5.58 Å². The monoisotopic (exact) mass is 774 g/mol. The Labute approximate surface area is 282 Å². The van der Waals surface area contributed by atoms with Crippen LogP contribution in [-0.2, 0) is 20.1 Å². The maximum atomic E-state index is 6.31. The third kappa shape index (κ3) is 5.88. The molecule has 227 valence electrons. The fraction of sp³-hybridized carbons (Fsp3) is 0.0976. The number of aromatic nitrogens is 3. The minimum absolute atomic E-state index is 0. The maximum absolute atomic E-state index is 6.31. The smallest absolute Gasteiger partial charge is 0.128 e. The quantitative estimate of drug-likeness (QED) is 0.168. The molecule has 0 aliphatic rings. The molecule has 0 N–H and O–H groups in total. The van der Waals surface area contributed by atoms with Crippen LogP contribution in [0.4, 0.5) is 0 Å². The molecule has 4 aromatic heterocycles. The Bertz CT molecular complexity index is 2310. The molecule has 0 amide bonds. The van der Waals surface area contributed by atoms with Gasteiger partial charge in [-0.25, -0.2) is 0 Å². The molecule has 0 unspecified atom stereocenters. The summed E-state index contributed by atoms with van der Waals surface area (Å²) >= 11 is 0. The van der Waals surface area contributed by atoms with Gasteiger partial charge in [-0.05, 0) is 55.4 Å². The number of benzene rings is 4. The normalized spacial score (nSPS) is 10.9. The average Bonchev–Trinajstić information content (AvgIpc) is 3.47. The van der Waals surface area contributed by atoms with E-state index < -0.39 is 0 Å². The molecule has 46 heavy (non-hydrogen) atoms. The van der Waals surface area contributed by atoms with Gasteiger partial charge in [0.2, 0.25) is 0 Å². The molecule has 0 bridgehead atoms. The molecule has 0 saturated heterocycles.